The van der Waals surface area contributed by atoms with E-state index < -0.39 is 0 Å². The highest BCUT2D eigenvalue weighted by Crippen LogP contribution is 2.32. The minimum absolute atomic E-state index is 0.157. The van der Waals surface area contributed by atoms with Crippen molar-refractivity contribution in [1.29, 1.82) is 0 Å². The molecule has 1 fully saturated rings. The number of nitrogens with zero attached hydrogens (tertiary/aromatic N) is 2. The largest absolute Gasteiger partial charge is 0.385 e. The normalized spacial score (nSPS) is 22.1. The topological polar surface area (TPSA) is 58.4 Å². The van der Waals surface area contributed by atoms with Gasteiger partial charge in [-0.1, -0.05) is 20.8 Å². The highest BCUT2D eigenvalue weighted by Gasteiger charge is 2.24. The monoisotopic (exact) mass is 309 g/mol. The molecular weight excluding hydrogens is 286 g/mol. The number of nitro benzene ring substituents is 1. The van der Waals surface area contributed by atoms with E-state index in [0.29, 0.717) is 10.5 Å². The van der Waals surface area contributed by atoms with E-state index in [1.165, 1.54) is 0 Å². The van der Waals surface area contributed by atoms with Crippen LogP contribution in [0.5, 0.6) is 0 Å². The molecule has 0 radical (unpaired) electrons. The summed E-state index contributed by atoms with van der Waals surface area (Å²) in [5, 5.41) is 15.5. The van der Waals surface area contributed by atoms with Crippen LogP contribution in [0.2, 0.25) is 0 Å². The fourth-order valence-corrected chi connectivity index (χ4v) is 3.97. The lowest BCUT2D eigenvalue weighted by atomic mass is 10.2. The van der Waals surface area contributed by atoms with Crippen molar-refractivity contribution >= 4 is 28.8 Å². The Morgan fingerprint density at radius 2 is 2.00 bits per heavy atom. The van der Waals surface area contributed by atoms with Gasteiger partial charge in [0.2, 0.25) is 0 Å². The number of rotatable bonds is 5. The summed E-state index contributed by atoms with van der Waals surface area (Å²) in [6, 6.07) is 5.33. The molecule has 2 unspecified atom stereocenters. The summed E-state index contributed by atoms with van der Waals surface area (Å²) in [7, 11) is 0. The molecule has 1 aromatic carbocycles. The van der Waals surface area contributed by atoms with Gasteiger partial charge < -0.3 is 10.2 Å². The molecule has 2 rings (SSSR count). The summed E-state index contributed by atoms with van der Waals surface area (Å²) < 4.78 is 0. The summed E-state index contributed by atoms with van der Waals surface area (Å²) in [5.74, 6) is 0. The summed E-state index contributed by atoms with van der Waals surface area (Å²) in [6.07, 6.45) is 0.993. The van der Waals surface area contributed by atoms with Gasteiger partial charge in [-0.25, -0.2) is 0 Å². The summed E-state index contributed by atoms with van der Waals surface area (Å²) in [4.78, 5) is 13.1. The predicted molar refractivity (Wildman–Crippen MR) is 90.6 cm³/mol. The molecule has 1 N–H and O–H groups in total. The highest BCUT2D eigenvalue weighted by atomic mass is 32.2. The van der Waals surface area contributed by atoms with Gasteiger partial charge in [-0.3, -0.25) is 10.1 Å². The number of nitrogens with one attached hydrogen (secondary N) is 1. The first kappa shape index (κ1) is 15.9. The second-order valence-electron chi connectivity index (χ2n) is 5.58. The van der Waals surface area contributed by atoms with E-state index in [9.17, 15) is 10.1 Å². The zero-order valence-electron chi connectivity index (χ0n) is 12.8. The average Bonchev–Trinajstić information content (AvgIpc) is 2.43. The molecule has 1 aromatic rings. The van der Waals surface area contributed by atoms with E-state index in [1.54, 1.807) is 12.1 Å². The predicted octanol–water partition coefficient (Wildman–Crippen LogP) is 3.75. The summed E-state index contributed by atoms with van der Waals surface area (Å²) >= 11 is 1.98. The summed E-state index contributed by atoms with van der Waals surface area (Å²) in [6.45, 7) is 9.19. The molecule has 0 aliphatic carbocycles. The molecular formula is C15H23N3O2S. The third-order valence-electron chi connectivity index (χ3n) is 3.48. The van der Waals surface area contributed by atoms with Crippen molar-refractivity contribution in [3.8, 4) is 0 Å². The molecule has 1 saturated heterocycles. The van der Waals surface area contributed by atoms with Gasteiger partial charge in [0.05, 0.1) is 4.92 Å². The standard InChI is InChI=1S/C15H23N3O2S/c1-4-5-16-13-6-14(8-15(7-13)18(19)20)17-9-11(2)21-12(3)10-17/h6-8,11-12,16H,4-5,9-10H2,1-3H3. The van der Waals surface area contributed by atoms with Gasteiger partial charge >= 0.3 is 0 Å². The first-order chi connectivity index (χ1) is 9.99. The summed E-state index contributed by atoms with van der Waals surface area (Å²) in [5.41, 5.74) is 1.94. The molecule has 0 saturated carbocycles. The van der Waals surface area contributed by atoms with Crippen LogP contribution in [0, 0.1) is 10.1 Å². The fourth-order valence-electron chi connectivity index (χ4n) is 2.64. The van der Waals surface area contributed by atoms with E-state index >= 15 is 0 Å². The number of thioether (sulfide) groups is 1. The van der Waals surface area contributed by atoms with Crippen LogP contribution in [0.15, 0.2) is 18.2 Å². The maximum atomic E-state index is 11.1. The van der Waals surface area contributed by atoms with Gasteiger partial charge in [0.1, 0.15) is 0 Å². The zero-order chi connectivity index (χ0) is 15.4. The quantitative estimate of drug-likeness (QED) is 0.663. The molecule has 0 aromatic heterocycles. The maximum Gasteiger partial charge on any atom is 0.273 e. The van der Waals surface area contributed by atoms with E-state index in [0.717, 1.165) is 37.4 Å². The van der Waals surface area contributed by atoms with Crippen molar-refractivity contribution in [2.24, 2.45) is 0 Å². The average molecular weight is 309 g/mol. The first-order valence-corrected chi connectivity index (χ1v) is 8.37. The van der Waals surface area contributed by atoms with Crippen molar-refractivity contribution in [2.75, 3.05) is 29.9 Å². The van der Waals surface area contributed by atoms with Crippen LogP contribution < -0.4 is 10.2 Å². The molecule has 0 bridgehead atoms. The van der Waals surface area contributed by atoms with Crippen LogP contribution in [0.1, 0.15) is 27.2 Å². The van der Waals surface area contributed by atoms with Crippen molar-refractivity contribution < 1.29 is 4.92 Å². The molecule has 1 heterocycles. The molecule has 5 nitrogen and oxygen atoms in total. The number of hydrogen-bond acceptors (Lipinski definition) is 5. The third kappa shape index (κ3) is 4.27. The Morgan fingerprint density at radius 1 is 1.33 bits per heavy atom. The number of non-ortho nitro benzene ring substituents is 1. The van der Waals surface area contributed by atoms with Crippen LogP contribution in [0.25, 0.3) is 0 Å². The molecule has 1 aliphatic rings. The smallest absolute Gasteiger partial charge is 0.273 e. The number of hydrogen-bond donors (Lipinski definition) is 1. The molecule has 116 valence electrons. The van der Waals surface area contributed by atoms with E-state index in [1.807, 2.05) is 17.8 Å². The van der Waals surface area contributed by atoms with Crippen LogP contribution in [0.4, 0.5) is 17.1 Å². The Morgan fingerprint density at radius 3 is 2.57 bits per heavy atom. The molecule has 0 spiro atoms. The SMILES string of the molecule is CCCNc1cc(N2CC(C)SC(C)C2)cc([N+](=O)[O-])c1. The van der Waals surface area contributed by atoms with E-state index in [4.69, 9.17) is 0 Å². The van der Waals surface area contributed by atoms with Gasteiger partial charge in [-0.05, 0) is 12.5 Å². The Bertz CT molecular complexity index is 500. The molecule has 0 amide bonds. The minimum atomic E-state index is -0.313. The second-order valence-corrected chi connectivity index (χ2v) is 7.47. The van der Waals surface area contributed by atoms with Crippen LogP contribution in [-0.2, 0) is 0 Å². The Labute approximate surface area is 130 Å². The van der Waals surface area contributed by atoms with E-state index in [2.05, 4.69) is 31.0 Å². The lowest BCUT2D eigenvalue weighted by Crippen LogP contribution is -2.40. The maximum absolute atomic E-state index is 11.1. The third-order valence-corrected chi connectivity index (χ3v) is 4.70. The van der Waals surface area contributed by atoms with Gasteiger partial charge in [0.25, 0.3) is 5.69 Å². The van der Waals surface area contributed by atoms with Gasteiger partial charge in [-0.2, -0.15) is 11.8 Å². The number of nitro groups is 1. The van der Waals surface area contributed by atoms with E-state index in [-0.39, 0.29) is 10.6 Å². The molecule has 2 atom stereocenters. The minimum Gasteiger partial charge on any atom is -0.385 e. The Kier molecular flexibility index (Phi) is 5.33. The second kappa shape index (κ2) is 7.02. The lowest BCUT2D eigenvalue weighted by molar-refractivity contribution is -0.384. The fraction of sp³-hybridized carbons (Fsp3) is 0.600. The Balaban J connectivity index is 2.28. The van der Waals surface area contributed by atoms with Crippen molar-refractivity contribution in [1.82, 2.24) is 0 Å². The van der Waals surface area contributed by atoms with Gasteiger partial charge in [0.15, 0.2) is 0 Å². The first-order valence-electron chi connectivity index (χ1n) is 7.43. The zero-order valence-corrected chi connectivity index (χ0v) is 13.7. The van der Waals surface area contributed by atoms with Crippen molar-refractivity contribution in [2.45, 2.75) is 37.7 Å². The van der Waals surface area contributed by atoms with Crippen molar-refractivity contribution in [3.63, 3.8) is 0 Å². The van der Waals surface area contributed by atoms with Gasteiger partial charge in [0, 0.05) is 53.6 Å². The van der Waals surface area contributed by atoms with Crippen molar-refractivity contribution in [3.05, 3.63) is 28.3 Å². The van der Waals surface area contributed by atoms with Gasteiger partial charge in [-0.15, -0.1) is 0 Å². The molecule has 21 heavy (non-hydrogen) atoms. The number of benzene rings is 1. The Hall–Kier alpha value is -1.43. The van der Waals surface area contributed by atoms with Crippen LogP contribution in [0.3, 0.4) is 0 Å². The highest BCUT2D eigenvalue weighted by molar-refractivity contribution is 8.00. The van der Waals surface area contributed by atoms with Crippen LogP contribution >= 0.6 is 11.8 Å². The van der Waals surface area contributed by atoms with Crippen LogP contribution in [-0.4, -0.2) is 35.1 Å². The molecule has 1 aliphatic heterocycles. The number of anilines is 2. The lowest BCUT2D eigenvalue weighted by Gasteiger charge is -2.36. The molecule has 6 heteroatoms.